The summed E-state index contributed by atoms with van der Waals surface area (Å²) in [6, 6.07) is 6.30. The molecule has 2 heterocycles. The number of hydrogen-bond acceptors (Lipinski definition) is 2. The second-order valence-electron chi connectivity index (χ2n) is 3.90. The minimum Gasteiger partial charge on any atom is -0.477 e. The smallest absolute Gasteiger partial charge is 0.227 e. The van der Waals surface area contributed by atoms with Gasteiger partial charge in [-0.2, -0.15) is 5.10 Å². The molecule has 1 aliphatic rings. The molecular weight excluding hydrogens is 287 g/mol. The van der Waals surface area contributed by atoms with E-state index in [1.807, 2.05) is 4.68 Å². The normalized spacial score (nSPS) is 14.2. The van der Waals surface area contributed by atoms with E-state index in [-0.39, 0.29) is 5.82 Å². The second-order valence-corrected chi connectivity index (χ2v) is 4.69. The minimum absolute atomic E-state index is 0.245. The van der Waals surface area contributed by atoms with Gasteiger partial charge in [-0.3, -0.25) is 0 Å². The van der Waals surface area contributed by atoms with Crippen LogP contribution in [0.1, 0.15) is 6.42 Å². The summed E-state index contributed by atoms with van der Waals surface area (Å²) in [6.45, 7) is 1.57. The van der Waals surface area contributed by atoms with Crippen molar-refractivity contribution in [3.63, 3.8) is 0 Å². The molecule has 88 valence electrons. The first kappa shape index (κ1) is 10.8. The van der Waals surface area contributed by atoms with Crippen LogP contribution in [0.15, 0.2) is 28.7 Å². The number of benzene rings is 1. The highest BCUT2D eigenvalue weighted by atomic mass is 79.9. The van der Waals surface area contributed by atoms with Gasteiger partial charge < -0.3 is 4.74 Å². The van der Waals surface area contributed by atoms with Crippen molar-refractivity contribution in [2.45, 2.75) is 13.0 Å². The second kappa shape index (κ2) is 4.14. The molecule has 0 aliphatic carbocycles. The number of nitrogens with zero attached hydrogens (tertiary/aromatic N) is 2. The van der Waals surface area contributed by atoms with Gasteiger partial charge >= 0.3 is 0 Å². The molecule has 1 aliphatic heterocycles. The van der Waals surface area contributed by atoms with Gasteiger partial charge in [0.25, 0.3) is 0 Å². The van der Waals surface area contributed by atoms with Crippen LogP contribution >= 0.6 is 15.9 Å². The SMILES string of the molecule is Fc1ccc(-c2nn3c(c2Br)OCCC3)cc1. The van der Waals surface area contributed by atoms with Crippen LogP contribution in [0.3, 0.4) is 0 Å². The van der Waals surface area contributed by atoms with Crippen molar-refractivity contribution in [1.82, 2.24) is 9.78 Å². The summed E-state index contributed by atoms with van der Waals surface area (Å²) in [6.07, 6.45) is 0.962. The van der Waals surface area contributed by atoms with E-state index < -0.39 is 0 Å². The van der Waals surface area contributed by atoms with Crippen molar-refractivity contribution in [3.8, 4) is 17.1 Å². The maximum Gasteiger partial charge on any atom is 0.227 e. The Balaban J connectivity index is 2.09. The standard InChI is InChI=1S/C12H10BrFN2O/c13-10-11(8-2-4-9(14)5-3-8)15-16-6-1-7-17-12(10)16/h2-5H,1,6-7H2. The molecule has 1 aromatic carbocycles. The number of rotatable bonds is 1. The molecule has 1 aromatic heterocycles. The van der Waals surface area contributed by atoms with E-state index in [9.17, 15) is 4.39 Å². The molecule has 0 atom stereocenters. The van der Waals surface area contributed by atoms with Gasteiger partial charge in [0.1, 0.15) is 16.0 Å². The molecule has 0 spiro atoms. The summed E-state index contributed by atoms with van der Waals surface area (Å²) < 4.78 is 21.1. The Morgan fingerprint density at radius 3 is 2.76 bits per heavy atom. The lowest BCUT2D eigenvalue weighted by atomic mass is 10.1. The van der Waals surface area contributed by atoms with Gasteiger partial charge in [0, 0.05) is 18.5 Å². The van der Waals surface area contributed by atoms with Gasteiger partial charge in [-0.25, -0.2) is 9.07 Å². The lowest BCUT2D eigenvalue weighted by Crippen LogP contribution is -2.14. The lowest BCUT2D eigenvalue weighted by Gasteiger charge is -2.14. The van der Waals surface area contributed by atoms with Crippen LogP contribution in [0.2, 0.25) is 0 Å². The average Bonchev–Trinajstić information content (AvgIpc) is 2.69. The van der Waals surface area contributed by atoms with Crippen LogP contribution in [0.25, 0.3) is 11.3 Å². The predicted octanol–water partition coefficient (Wildman–Crippen LogP) is 3.23. The quantitative estimate of drug-likeness (QED) is 0.808. The molecule has 0 saturated heterocycles. The first-order valence-electron chi connectivity index (χ1n) is 5.41. The zero-order valence-electron chi connectivity index (χ0n) is 8.99. The van der Waals surface area contributed by atoms with Crippen molar-refractivity contribution in [3.05, 3.63) is 34.6 Å². The number of aromatic nitrogens is 2. The third-order valence-electron chi connectivity index (χ3n) is 2.72. The third-order valence-corrected chi connectivity index (χ3v) is 3.44. The van der Waals surface area contributed by atoms with Crippen LogP contribution in [-0.2, 0) is 6.54 Å². The number of ether oxygens (including phenoxy) is 1. The zero-order valence-corrected chi connectivity index (χ0v) is 10.6. The Bertz CT molecular complexity index is 550. The Morgan fingerprint density at radius 2 is 2.06 bits per heavy atom. The molecule has 5 heteroatoms. The first-order valence-corrected chi connectivity index (χ1v) is 6.20. The topological polar surface area (TPSA) is 27.1 Å². The molecule has 0 bridgehead atoms. The maximum absolute atomic E-state index is 12.9. The number of fused-ring (bicyclic) bond motifs is 1. The highest BCUT2D eigenvalue weighted by molar-refractivity contribution is 9.10. The molecule has 0 fully saturated rings. The molecular formula is C12H10BrFN2O. The summed E-state index contributed by atoms with van der Waals surface area (Å²) in [5, 5.41) is 4.47. The Hall–Kier alpha value is -1.36. The average molecular weight is 297 g/mol. The van der Waals surface area contributed by atoms with Crippen molar-refractivity contribution >= 4 is 15.9 Å². The Kier molecular flexibility index (Phi) is 2.63. The van der Waals surface area contributed by atoms with Crippen LogP contribution in [0.5, 0.6) is 5.88 Å². The fourth-order valence-electron chi connectivity index (χ4n) is 1.89. The van der Waals surface area contributed by atoms with Gasteiger partial charge in [0.05, 0.1) is 6.61 Å². The molecule has 0 radical (unpaired) electrons. The summed E-state index contributed by atoms with van der Waals surface area (Å²) in [5.41, 5.74) is 1.67. The number of halogens is 2. The largest absolute Gasteiger partial charge is 0.477 e. The maximum atomic E-state index is 12.9. The van der Waals surface area contributed by atoms with Gasteiger partial charge in [-0.05, 0) is 40.2 Å². The molecule has 0 amide bonds. The van der Waals surface area contributed by atoms with Crippen molar-refractivity contribution in [2.75, 3.05) is 6.61 Å². The first-order chi connectivity index (χ1) is 8.25. The van der Waals surface area contributed by atoms with Crippen LogP contribution in [0.4, 0.5) is 4.39 Å². The van der Waals surface area contributed by atoms with Crippen LogP contribution < -0.4 is 4.74 Å². The van der Waals surface area contributed by atoms with Gasteiger partial charge in [0.15, 0.2) is 0 Å². The molecule has 0 saturated carbocycles. The van der Waals surface area contributed by atoms with Crippen molar-refractivity contribution in [1.29, 1.82) is 0 Å². The van der Waals surface area contributed by atoms with E-state index in [1.165, 1.54) is 12.1 Å². The van der Waals surface area contributed by atoms with Gasteiger partial charge in [0.2, 0.25) is 5.88 Å². The molecule has 0 unspecified atom stereocenters. The van der Waals surface area contributed by atoms with E-state index in [0.717, 1.165) is 34.6 Å². The van der Waals surface area contributed by atoms with Gasteiger partial charge in [-0.15, -0.1) is 0 Å². The minimum atomic E-state index is -0.245. The summed E-state index contributed by atoms with van der Waals surface area (Å²) in [7, 11) is 0. The van der Waals surface area contributed by atoms with Gasteiger partial charge in [-0.1, -0.05) is 0 Å². The fourth-order valence-corrected chi connectivity index (χ4v) is 2.52. The van der Waals surface area contributed by atoms with E-state index in [4.69, 9.17) is 4.74 Å². The number of hydrogen-bond donors (Lipinski definition) is 0. The van der Waals surface area contributed by atoms with Crippen LogP contribution in [-0.4, -0.2) is 16.4 Å². The van der Waals surface area contributed by atoms with Crippen molar-refractivity contribution in [2.24, 2.45) is 0 Å². The zero-order chi connectivity index (χ0) is 11.8. The highest BCUT2D eigenvalue weighted by Gasteiger charge is 2.20. The van der Waals surface area contributed by atoms with E-state index in [2.05, 4.69) is 21.0 Å². The summed E-state index contributed by atoms with van der Waals surface area (Å²) in [5.74, 6) is 0.515. The molecule has 3 nitrogen and oxygen atoms in total. The summed E-state index contributed by atoms with van der Waals surface area (Å²) in [4.78, 5) is 0. The van der Waals surface area contributed by atoms with Crippen molar-refractivity contribution < 1.29 is 9.13 Å². The molecule has 17 heavy (non-hydrogen) atoms. The Labute approximate surface area is 106 Å². The third kappa shape index (κ3) is 1.84. The highest BCUT2D eigenvalue weighted by Crippen LogP contribution is 2.36. The monoisotopic (exact) mass is 296 g/mol. The van der Waals surface area contributed by atoms with E-state index in [1.54, 1.807) is 12.1 Å². The van der Waals surface area contributed by atoms with E-state index in [0.29, 0.717) is 6.61 Å². The Morgan fingerprint density at radius 1 is 1.29 bits per heavy atom. The predicted molar refractivity (Wildman–Crippen MR) is 65.4 cm³/mol. The molecule has 3 rings (SSSR count). The van der Waals surface area contributed by atoms with Crippen LogP contribution in [0, 0.1) is 5.82 Å². The fraction of sp³-hybridized carbons (Fsp3) is 0.250. The number of aryl methyl sites for hydroxylation is 1. The summed E-state index contributed by atoms with van der Waals surface area (Å²) >= 11 is 3.49. The molecule has 0 N–H and O–H groups in total. The molecule has 2 aromatic rings. The lowest BCUT2D eigenvalue weighted by molar-refractivity contribution is 0.229. The van der Waals surface area contributed by atoms with E-state index >= 15 is 0 Å².